The van der Waals surface area contributed by atoms with Crippen molar-refractivity contribution < 1.29 is 52.9 Å². The second kappa shape index (κ2) is 22.1. The summed E-state index contributed by atoms with van der Waals surface area (Å²) in [6.07, 6.45) is 3.86. The Hall–Kier alpha value is -8.82. The van der Waals surface area contributed by atoms with Gasteiger partial charge in [0.15, 0.2) is 11.5 Å². The van der Waals surface area contributed by atoms with Gasteiger partial charge in [-0.25, -0.2) is 9.69 Å². The molecule has 1 aliphatic carbocycles. The van der Waals surface area contributed by atoms with E-state index in [1.807, 2.05) is 83.8 Å². The predicted molar refractivity (Wildman–Crippen MR) is 292 cm³/mol. The number of rotatable bonds is 12. The molecule has 1 N–H and O–H groups in total. The molecule has 3 amide bonds. The number of cyclic esters (lactones) is 1. The Morgan fingerprint density at radius 1 is 0.775 bits per heavy atom. The first kappa shape index (κ1) is 51.9. The molecule has 5 heterocycles. The number of carbonyl (C=O) groups is 4. The number of fused-ring (bicyclic) bond motifs is 4. The van der Waals surface area contributed by atoms with Crippen LogP contribution in [0.1, 0.15) is 82.8 Å². The van der Waals surface area contributed by atoms with Crippen molar-refractivity contribution in [2.45, 2.75) is 68.5 Å². The van der Waals surface area contributed by atoms with Crippen molar-refractivity contribution in [3.05, 3.63) is 206 Å². The number of amides is 3. The average Bonchev–Trinajstić information content (AvgIpc) is 3.82. The smallest absolute Gasteiger partial charge is 0.421 e. The minimum Gasteiger partial charge on any atom is -0.491 e. The number of hydrogen-bond acceptors (Lipinski definition) is 14. The molecule has 3 fully saturated rings. The van der Waals surface area contributed by atoms with E-state index >= 15 is 19.2 Å². The molecule has 406 valence electrons. The Morgan fingerprint density at radius 3 is 2.24 bits per heavy atom. The molecule has 1 spiro atoms. The van der Waals surface area contributed by atoms with E-state index in [1.165, 1.54) is 24.3 Å². The van der Waals surface area contributed by atoms with Gasteiger partial charge in [0.05, 0.1) is 35.2 Å². The standard InChI is InChI=1S/C63H57N5O12/c69-34-35-76-51-19-11-10-18-48(51)58-63(49-36-42(21-20-41-12-4-1-5-13-41)24-28-50(49)66(61(63)72)62(73)77-39-43-22-26-47(27-23-43)68(74)75)54(59(70)65-32-30-64(31-33-65)38-44-25-29-52-53(37-44)79-40-78-52)56-60(71)80-57(46-16-8-3-9-17-46)55(67(56)58)45-14-6-2-7-15-45/h2-3,6-12,14-19,22-29,36-37,54-58,69H,1,4-5,13,30-35,38-40H2/t54-,55-,56-,57+,58+,63-/m0/s1. The van der Waals surface area contributed by atoms with Crippen molar-refractivity contribution in [3.8, 4) is 29.1 Å². The van der Waals surface area contributed by atoms with Crippen LogP contribution in [0.15, 0.2) is 157 Å². The van der Waals surface area contributed by atoms with E-state index in [4.69, 9.17) is 23.7 Å². The zero-order valence-electron chi connectivity index (χ0n) is 43.7. The summed E-state index contributed by atoms with van der Waals surface area (Å²) in [6, 6.07) is 38.9. The second-order valence-electron chi connectivity index (χ2n) is 20.7. The lowest BCUT2D eigenvalue weighted by molar-refractivity contribution is -0.384. The van der Waals surface area contributed by atoms with Gasteiger partial charge in [-0.1, -0.05) is 103 Å². The number of aliphatic hydroxyl groups is 1. The van der Waals surface area contributed by atoms with Gasteiger partial charge in [0.2, 0.25) is 18.6 Å². The van der Waals surface area contributed by atoms with Crippen molar-refractivity contribution in [3.63, 3.8) is 0 Å². The summed E-state index contributed by atoms with van der Waals surface area (Å²) in [5, 5.41) is 21.8. The van der Waals surface area contributed by atoms with Crippen LogP contribution in [0.25, 0.3) is 0 Å². The van der Waals surface area contributed by atoms with Crippen LogP contribution < -0.4 is 19.1 Å². The Bertz CT molecular complexity index is 3460. The largest absolute Gasteiger partial charge is 0.491 e. The lowest BCUT2D eigenvalue weighted by Gasteiger charge is -2.46. The van der Waals surface area contributed by atoms with Crippen LogP contribution in [0.3, 0.4) is 0 Å². The van der Waals surface area contributed by atoms with Crippen molar-refractivity contribution in [1.82, 2.24) is 14.7 Å². The van der Waals surface area contributed by atoms with Gasteiger partial charge >= 0.3 is 12.1 Å². The normalized spacial score (nSPS) is 23.1. The molecule has 6 aliphatic rings. The molecular weight excluding hydrogens is 1020 g/mol. The molecular formula is C63H57N5O12. The number of imide groups is 1. The first-order chi connectivity index (χ1) is 39.1. The molecule has 80 heavy (non-hydrogen) atoms. The molecule has 5 aliphatic heterocycles. The molecule has 0 bridgehead atoms. The van der Waals surface area contributed by atoms with Gasteiger partial charge in [-0.2, -0.15) is 0 Å². The Labute approximate surface area is 462 Å². The summed E-state index contributed by atoms with van der Waals surface area (Å²) >= 11 is 0. The molecule has 6 aromatic rings. The number of nitro benzene ring substituents is 1. The van der Waals surface area contributed by atoms with Crippen molar-refractivity contribution in [2.75, 3.05) is 51.1 Å². The quantitative estimate of drug-likeness (QED) is 0.0529. The fraction of sp³-hybridized carbons (Fsp3) is 0.302. The number of nitrogens with zero attached hydrogens (tertiary/aromatic N) is 5. The van der Waals surface area contributed by atoms with Gasteiger partial charge < -0.3 is 33.7 Å². The summed E-state index contributed by atoms with van der Waals surface area (Å²) in [5.74, 6) is 4.73. The molecule has 17 nitrogen and oxygen atoms in total. The van der Waals surface area contributed by atoms with Crippen LogP contribution in [0.5, 0.6) is 17.2 Å². The van der Waals surface area contributed by atoms with Crippen LogP contribution in [0, 0.1) is 27.9 Å². The zero-order chi connectivity index (χ0) is 54.9. The Morgan fingerprint density at radius 2 is 1.50 bits per heavy atom. The number of benzene rings is 6. The minimum atomic E-state index is -2.13. The number of non-ortho nitro benzene ring substituents is 1. The summed E-state index contributed by atoms with van der Waals surface area (Å²) in [5.41, 5.74) is 2.83. The van der Waals surface area contributed by atoms with E-state index in [0.29, 0.717) is 53.4 Å². The number of nitro groups is 1. The Balaban J connectivity index is 1.06. The first-order valence-electron chi connectivity index (χ1n) is 27.0. The predicted octanol–water partition coefficient (Wildman–Crippen LogP) is 8.89. The van der Waals surface area contributed by atoms with E-state index in [9.17, 15) is 15.2 Å². The van der Waals surface area contributed by atoms with Gasteiger partial charge in [-0.15, -0.1) is 0 Å². The number of ether oxygens (including phenoxy) is 5. The monoisotopic (exact) mass is 1080 g/mol. The molecule has 6 atom stereocenters. The molecule has 0 unspecified atom stereocenters. The topological polar surface area (TPSA) is 191 Å². The van der Waals surface area contributed by atoms with Gasteiger partial charge in [0.25, 0.3) is 5.69 Å². The molecule has 0 saturated carbocycles. The van der Waals surface area contributed by atoms with Crippen molar-refractivity contribution >= 4 is 35.3 Å². The maximum atomic E-state index is 17.0. The van der Waals surface area contributed by atoms with Crippen molar-refractivity contribution in [2.24, 2.45) is 5.92 Å². The van der Waals surface area contributed by atoms with Gasteiger partial charge in [-0.05, 0) is 108 Å². The summed E-state index contributed by atoms with van der Waals surface area (Å²) < 4.78 is 30.4. The highest BCUT2D eigenvalue weighted by molar-refractivity contribution is 6.23. The van der Waals surface area contributed by atoms with E-state index in [1.54, 1.807) is 47.4 Å². The lowest BCUT2D eigenvalue weighted by Crippen LogP contribution is -2.59. The van der Waals surface area contributed by atoms with E-state index in [2.05, 4.69) is 22.8 Å². The third-order valence-corrected chi connectivity index (χ3v) is 16.2. The SMILES string of the molecule is O=C1O[C@H](c2ccccc2)[C@H](c2ccccc2)N2[C@H]1[C@@H](C(=O)N1CCN(Cc3ccc4c(c3)OCO4)CC1)[C@]1(C(=O)N(C(=O)OCc3ccc([N+](=O)[O-])cc3)c3ccc(C#CC4=CCCCC4)cc31)[C@H]2c1ccccc1OCCO. The molecule has 0 radical (unpaired) electrons. The lowest BCUT2D eigenvalue weighted by atomic mass is 9.64. The number of anilines is 1. The fourth-order valence-corrected chi connectivity index (χ4v) is 12.6. The highest BCUT2D eigenvalue weighted by Crippen LogP contribution is 2.67. The van der Waals surface area contributed by atoms with Crippen LogP contribution in [0.2, 0.25) is 0 Å². The van der Waals surface area contributed by atoms with E-state index < -0.39 is 64.4 Å². The van der Waals surface area contributed by atoms with Crippen LogP contribution in [-0.4, -0.2) is 101 Å². The summed E-state index contributed by atoms with van der Waals surface area (Å²) in [7, 11) is 0. The highest BCUT2D eigenvalue weighted by atomic mass is 16.7. The van der Waals surface area contributed by atoms with Gasteiger partial charge in [0, 0.05) is 56.0 Å². The number of carbonyl (C=O) groups excluding carboxylic acids is 4. The molecule has 12 rings (SSSR count). The maximum Gasteiger partial charge on any atom is 0.421 e. The number of para-hydroxylation sites is 1. The van der Waals surface area contributed by atoms with Crippen molar-refractivity contribution in [1.29, 1.82) is 0 Å². The second-order valence-corrected chi connectivity index (χ2v) is 20.7. The minimum absolute atomic E-state index is 0.125. The summed E-state index contributed by atoms with van der Waals surface area (Å²) in [6.45, 7) is 1.23. The third-order valence-electron chi connectivity index (χ3n) is 16.2. The van der Waals surface area contributed by atoms with Gasteiger partial charge in [-0.3, -0.25) is 34.3 Å². The summed E-state index contributed by atoms with van der Waals surface area (Å²) in [4.78, 5) is 82.5. The molecule has 3 saturated heterocycles. The van der Waals surface area contributed by atoms with E-state index in [0.717, 1.165) is 47.3 Å². The molecule has 17 heteroatoms. The molecule has 6 aromatic carbocycles. The van der Waals surface area contributed by atoms with Crippen LogP contribution in [-0.2, 0) is 42.4 Å². The molecule has 0 aromatic heterocycles. The van der Waals surface area contributed by atoms with Crippen LogP contribution in [0.4, 0.5) is 16.2 Å². The third kappa shape index (κ3) is 9.48. The number of aliphatic hydroxyl groups excluding tert-OH is 1. The average molecular weight is 1080 g/mol. The van der Waals surface area contributed by atoms with Crippen LogP contribution >= 0.6 is 0 Å². The number of morpholine rings is 1. The number of piperazine rings is 1. The number of hydrogen-bond donors (Lipinski definition) is 1. The number of allylic oxidation sites excluding steroid dienone is 2. The highest BCUT2D eigenvalue weighted by Gasteiger charge is 2.76. The fourth-order valence-electron chi connectivity index (χ4n) is 12.6. The zero-order valence-corrected chi connectivity index (χ0v) is 43.7. The first-order valence-corrected chi connectivity index (χ1v) is 27.0. The maximum absolute atomic E-state index is 17.0. The Kier molecular flexibility index (Phi) is 14.4. The van der Waals surface area contributed by atoms with Gasteiger partial charge in [0.1, 0.15) is 36.5 Å². The van der Waals surface area contributed by atoms with E-state index in [-0.39, 0.29) is 62.4 Å². The number of esters is 1.